The van der Waals surface area contributed by atoms with E-state index in [1.165, 1.54) is 12.8 Å². The topological polar surface area (TPSA) is 38.0 Å². The van der Waals surface area contributed by atoms with Crippen LogP contribution in [0.4, 0.5) is 0 Å². The van der Waals surface area contributed by atoms with Crippen molar-refractivity contribution >= 4 is 24.8 Å². The molecule has 0 aromatic heterocycles. The van der Waals surface area contributed by atoms with E-state index in [0.29, 0.717) is 12.1 Å². The second-order valence-electron chi connectivity index (χ2n) is 2.56. The molecule has 2 unspecified atom stereocenters. The van der Waals surface area contributed by atoms with Gasteiger partial charge in [-0.2, -0.15) is 0 Å². The fourth-order valence-electron chi connectivity index (χ4n) is 1.16. The second-order valence-corrected chi connectivity index (χ2v) is 2.56. The number of nitrogens with one attached hydrogen (secondary N) is 1. The molecule has 0 radical (unpaired) electrons. The highest BCUT2D eigenvalue weighted by Crippen LogP contribution is 2.06. The summed E-state index contributed by atoms with van der Waals surface area (Å²) in [6.07, 6.45) is 2.56. The number of rotatable bonds is 1. The maximum atomic E-state index is 5.64. The van der Waals surface area contributed by atoms with Crippen LogP contribution in [0.5, 0.6) is 0 Å². The molecular formula is C6H16Cl2N2. The van der Waals surface area contributed by atoms with Crippen LogP contribution in [-0.4, -0.2) is 18.6 Å². The van der Waals surface area contributed by atoms with Gasteiger partial charge in [-0.25, -0.2) is 0 Å². The Bertz CT molecular complexity index is 72.1. The zero-order valence-corrected chi connectivity index (χ0v) is 7.80. The third-order valence-corrected chi connectivity index (χ3v) is 1.73. The van der Waals surface area contributed by atoms with Crippen molar-refractivity contribution in [3.05, 3.63) is 0 Å². The summed E-state index contributed by atoms with van der Waals surface area (Å²) in [5, 5.41) is 3.33. The molecule has 1 heterocycles. The molecule has 1 aliphatic heterocycles. The van der Waals surface area contributed by atoms with Crippen LogP contribution in [0.1, 0.15) is 19.8 Å². The van der Waals surface area contributed by atoms with E-state index in [4.69, 9.17) is 5.73 Å². The summed E-state index contributed by atoms with van der Waals surface area (Å²) >= 11 is 0. The molecule has 0 spiro atoms. The Labute approximate surface area is 74.8 Å². The largest absolute Gasteiger partial charge is 0.327 e. The first-order valence-electron chi connectivity index (χ1n) is 3.29. The highest BCUT2D eigenvalue weighted by Gasteiger charge is 2.16. The molecule has 0 amide bonds. The Morgan fingerprint density at radius 1 is 1.50 bits per heavy atom. The van der Waals surface area contributed by atoms with Crippen LogP contribution < -0.4 is 11.1 Å². The average molecular weight is 187 g/mol. The normalized spacial score (nSPS) is 26.4. The summed E-state index contributed by atoms with van der Waals surface area (Å²) in [6, 6.07) is 0.924. The molecule has 64 valence electrons. The molecule has 4 heteroatoms. The minimum Gasteiger partial charge on any atom is -0.327 e. The second kappa shape index (κ2) is 6.23. The van der Waals surface area contributed by atoms with Gasteiger partial charge in [-0.15, -0.1) is 24.8 Å². The Morgan fingerprint density at radius 2 is 2.10 bits per heavy atom. The number of hydrogen-bond acceptors (Lipinski definition) is 2. The fraction of sp³-hybridized carbons (Fsp3) is 1.00. The quantitative estimate of drug-likeness (QED) is 0.640. The third-order valence-electron chi connectivity index (χ3n) is 1.73. The lowest BCUT2D eigenvalue weighted by Gasteiger charge is -2.12. The standard InChI is InChI=1S/C6H14N2.2ClH/c1-5(7)6-3-2-4-8-6;;/h5-6,8H,2-4,7H2,1H3;2*1H. The van der Waals surface area contributed by atoms with E-state index in [9.17, 15) is 0 Å². The van der Waals surface area contributed by atoms with E-state index in [0.717, 1.165) is 6.54 Å². The van der Waals surface area contributed by atoms with Gasteiger partial charge < -0.3 is 11.1 Å². The van der Waals surface area contributed by atoms with Crippen molar-refractivity contribution < 1.29 is 0 Å². The molecule has 2 nitrogen and oxygen atoms in total. The summed E-state index contributed by atoms with van der Waals surface area (Å²) in [6.45, 7) is 3.22. The third kappa shape index (κ3) is 3.62. The summed E-state index contributed by atoms with van der Waals surface area (Å²) in [5.74, 6) is 0. The lowest BCUT2D eigenvalue weighted by Crippen LogP contribution is -2.38. The van der Waals surface area contributed by atoms with Gasteiger partial charge in [0.1, 0.15) is 0 Å². The molecule has 1 fully saturated rings. The molecule has 10 heavy (non-hydrogen) atoms. The predicted molar refractivity (Wildman–Crippen MR) is 49.2 cm³/mol. The van der Waals surface area contributed by atoms with Gasteiger partial charge in [0, 0.05) is 12.1 Å². The lowest BCUT2D eigenvalue weighted by atomic mass is 10.1. The molecule has 0 bridgehead atoms. The maximum Gasteiger partial charge on any atom is 0.0216 e. The van der Waals surface area contributed by atoms with Crippen molar-refractivity contribution in [3.8, 4) is 0 Å². The molecule has 1 rings (SSSR count). The van der Waals surface area contributed by atoms with E-state index >= 15 is 0 Å². The highest BCUT2D eigenvalue weighted by atomic mass is 35.5. The molecule has 3 N–H and O–H groups in total. The Morgan fingerprint density at radius 3 is 2.30 bits per heavy atom. The van der Waals surface area contributed by atoms with Gasteiger partial charge in [0.15, 0.2) is 0 Å². The smallest absolute Gasteiger partial charge is 0.0216 e. The van der Waals surface area contributed by atoms with E-state index < -0.39 is 0 Å². The zero-order chi connectivity index (χ0) is 5.98. The highest BCUT2D eigenvalue weighted by molar-refractivity contribution is 5.85. The van der Waals surface area contributed by atoms with Gasteiger partial charge in [0.2, 0.25) is 0 Å². The number of nitrogens with two attached hydrogens (primary N) is 1. The first-order chi connectivity index (χ1) is 3.80. The molecule has 0 aliphatic carbocycles. The summed E-state index contributed by atoms with van der Waals surface area (Å²) in [5.41, 5.74) is 5.64. The van der Waals surface area contributed by atoms with Crippen LogP contribution in [0.15, 0.2) is 0 Å². The molecule has 0 aromatic carbocycles. The van der Waals surface area contributed by atoms with Crippen LogP contribution in [0.3, 0.4) is 0 Å². The Balaban J connectivity index is 0. The first-order valence-corrected chi connectivity index (χ1v) is 3.29. The van der Waals surface area contributed by atoms with Crippen molar-refractivity contribution in [2.75, 3.05) is 6.54 Å². The van der Waals surface area contributed by atoms with E-state index in [-0.39, 0.29) is 24.8 Å². The molecule has 1 aliphatic rings. The fourth-order valence-corrected chi connectivity index (χ4v) is 1.16. The maximum absolute atomic E-state index is 5.64. The number of halogens is 2. The minimum atomic E-state index is 0. The van der Waals surface area contributed by atoms with Gasteiger partial charge >= 0.3 is 0 Å². The molecule has 2 atom stereocenters. The molecule has 0 aromatic rings. The zero-order valence-electron chi connectivity index (χ0n) is 6.17. The van der Waals surface area contributed by atoms with Crippen molar-refractivity contribution in [3.63, 3.8) is 0 Å². The van der Waals surface area contributed by atoms with Crippen LogP contribution in [0.2, 0.25) is 0 Å². The van der Waals surface area contributed by atoms with Gasteiger partial charge in [0.05, 0.1) is 0 Å². The molecular weight excluding hydrogens is 171 g/mol. The Kier molecular flexibility index (Phi) is 8.17. The average Bonchev–Trinajstić information content (AvgIpc) is 2.12. The monoisotopic (exact) mass is 186 g/mol. The summed E-state index contributed by atoms with van der Waals surface area (Å²) < 4.78 is 0. The van der Waals surface area contributed by atoms with Crippen molar-refractivity contribution in [2.24, 2.45) is 5.73 Å². The number of hydrogen-bond donors (Lipinski definition) is 2. The molecule has 1 saturated heterocycles. The summed E-state index contributed by atoms with van der Waals surface area (Å²) in [4.78, 5) is 0. The summed E-state index contributed by atoms with van der Waals surface area (Å²) in [7, 11) is 0. The predicted octanol–water partition coefficient (Wildman–Crippen LogP) is 0.929. The van der Waals surface area contributed by atoms with E-state index in [2.05, 4.69) is 12.2 Å². The van der Waals surface area contributed by atoms with Gasteiger partial charge in [0.25, 0.3) is 0 Å². The van der Waals surface area contributed by atoms with E-state index in [1.807, 2.05) is 0 Å². The SMILES string of the molecule is CC(N)C1CCCN1.Cl.Cl. The van der Waals surface area contributed by atoms with Crippen molar-refractivity contribution in [2.45, 2.75) is 31.8 Å². The first kappa shape index (κ1) is 13.1. The lowest BCUT2D eigenvalue weighted by molar-refractivity contribution is 0.513. The molecule has 0 saturated carbocycles. The minimum absolute atomic E-state index is 0. The Hall–Kier alpha value is 0.500. The van der Waals surface area contributed by atoms with Gasteiger partial charge in [-0.05, 0) is 26.3 Å². The van der Waals surface area contributed by atoms with Crippen LogP contribution in [0, 0.1) is 0 Å². The van der Waals surface area contributed by atoms with Crippen LogP contribution in [0.25, 0.3) is 0 Å². The van der Waals surface area contributed by atoms with Crippen molar-refractivity contribution in [1.82, 2.24) is 5.32 Å². The van der Waals surface area contributed by atoms with Crippen LogP contribution in [-0.2, 0) is 0 Å². The van der Waals surface area contributed by atoms with Gasteiger partial charge in [-0.1, -0.05) is 0 Å². The van der Waals surface area contributed by atoms with E-state index in [1.54, 1.807) is 0 Å². The van der Waals surface area contributed by atoms with Gasteiger partial charge in [-0.3, -0.25) is 0 Å². The van der Waals surface area contributed by atoms with Crippen LogP contribution >= 0.6 is 24.8 Å². The van der Waals surface area contributed by atoms with Crippen molar-refractivity contribution in [1.29, 1.82) is 0 Å².